The van der Waals surface area contributed by atoms with Gasteiger partial charge in [0.05, 0.1) is 16.8 Å². The number of amides is 1. The number of ether oxygens (including phenoxy) is 3. The molecule has 2 aromatic carbocycles. The van der Waals surface area contributed by atoms with Gasteiger partial charge in [-0.1, -0.05) is 29.4 Å². The fraction of sp³-hybridized carbons (Fsp3) is 0.214. The lowest BCUT2D eigenvalue weighted by atomic mass is 9.86. The number of para-hydroxylation sites is 1. The zero-order valence-electron chi connectivity index (χ0n) is 20.1. The minimum atomic E-state index is -0.564. The predicted molar refractivity (Wildman–Crippen MR) is 135 cm³/mol. The van der Waals surface area contributed by atoms with Gasteiger partial charge in [0, 0.05) is 11.5 Å². The van der Waals surface area contributed by atoms with Gasteiger partial charge < -0.3 is 24.1 Å². The maximum Gasteiger partial charge on any atom is 0.339 e. The second kappa shape index (κ2) is 9.42. The van der Waals surface area contributed by atoms with E-state index in [0.717, 1.165) is 41.0 Å². The molecule has 9 nitrogen and oxygen atoms in total. The summed E-state index contributed by atoms with van der Waals surface area (Å²) in [6.07, 6.45) is 4.43. The van der Waals surface area contributed by atoms with Crippen molar-refractivity contribution < 1.29 is 28.3 Å². The number of anilines is 1. The molecule has 1 amide bonds. The van der Waals surface area contributed by atoms with Gasteiger partial charge in [-0.2, -0.15) is 0 Å². The number of aryl methyl sites for hydroxylation is 1. The third-order valence-corrected chi connectivity index (χ3v) is 6.34. The number of nitrogens with one attached hydrogen (secondary N) is 1. The van der Waals surface area contributed by atoms with Crippen molar-refractivity contribution in [1.82, 2.24) is 10.1 Å². The molecular formula is C28H23N3O6. The first-order valence-electron chi connectivity index (χ1n) is 12.0. The Bertz CT molecular complexity index is 1570. The van der Waals surface area contributed by atoms with Gasteiger partial charge >= 0.3 is 5.97 Å². The standard InChI is InChI=1S/C28H23N3O6/c1-16-11-24(31-37-16)30-25(32)14-34-28(33)26-19-6-2-3-8-21(19)29-27-18(5-4-7-20(26)27)12-17-9-10-22-23(13-17)36-15-35-22/h2-3,6,8-13H,4-5,7,14-15H2,1H3,(H,30,31,32)/b18-12-. The first-order valence-corrected chi connectivity index (χ1v) is 12.0. The lowest BCUT2D eigenvalue weighted by molar-refractivity contribution is -0.119. The van der Waals surface area contributed by atoms with Crippen LogP contribution in [-0.4, -0.2) is 35.4 Å². The molecule has 6 rings (SSSR count). The molecule has 4 aromatic rings. The molecule has 0 spiro atoms. The SMILES string of the molecule is Cc1cc(NC(=O)COC(=O)c2c3c(nc4ccccc24)/C(=C\c2ccc4c(c2)OCO4)CCC3)no1. The first-order chi connectivity index (χ1) is 18.0. The largest absolute Gasteiger partial charge is 0.454 e. The molecule has 0 unspecified atom stereocenters. The number of nitrogens with zero attached hydrogens (tertiary/aromatic N) is 2. The highest BCUT2D eigenvalue weighted by molar-refractivity contribution is 6.07. The van der Waals surface area contributed by atoms with Crippen LogP contribution in [0.1, 0.15) is 45.8 Å². The summed E-state index contributed by atoms with van der Waals surface area (Å²) in [6, 6.07) is 14.9. The topological polar surface area (TPSA) is 113 Å². The number of hydrogen-bond donors (Lipinski definition) is 1. The van der Waals surface area contributed by atoms with Gasteiger partial charge in [-0.3, -0.25) is 4.79 Å². The Morgan fingerprint density at radius 1 is 1.08 bits per heavy atom. The second-order valence-electron chi connectivity index (χ2n) is 8.91. The van der Waals surface area contributed by atoms with Gasteiger partial charge in [0.1, 0.15) is 5.76 Å². The monoisotopic (exact) mass is 497 g/mol. The Hall–Kier alpha value is -4.66. The lowest BCUT2D eigenvalue weighted by Gasteiger charge is -2.22. The summed E-state index contributed by atoms with van der Waals surface area (Å²) in [7, 11) is 0. The van der Waals surface area contributed by atoms with Crippen molar-refractivity contribution in [3.63, 3.8) is 0 Å². The van der Waals surface area contributed by atoms with Gasteiger partial charge in [0.2, 0.25) is 6.79 Å². The van der Waals surface area contributed by atoms with Crippen molar-refractivity contribution in [3.05, 3.63) is 76.7 Å². The van der Waals surface area contributed by atoms with Crippen molar-refractivity contribution in [2.45, 2.75) is 26.2 Å². The first kappa shape index (κ1) is 22.8. The molecule has 0 saturated heterocycles. The number of pyridine rings is 1. The third kappa shape index (κ3) is 4.51. The van der Waals surface area contributed by atoms with E-state index in [1.165, 1.54) is 0 Å². The smallest absolute Gasteiger partial charge is 0.339 e. The van der Waals surface area contributed by atoms with Crippen molar-refractivity contribution in [2.24, 2.45) is 0 Å². The number of allylic oxidation sites excluding steroid dienone is 1. The van der Waals surface area contributed by atoms with E-state index in [9.17, 15) is 9.59 Å². The molecule has 0 saturated carbocycles. The van der Waals surface area contributed by atoms with Crippen LogP contribution in [0, 0.1) is 6.92 Å². The molecule has 37 heavy (non-hydrogen) atoms. The molecule has 1 N–H and O–H groups in total. The van der Waals surface area contributed by atoms with E-state index in [1.54, 1.807) is 13.0 Å². The quantitative estimate of drug-likeness (QED) is 0.386. The lowest BCUT2D eigenvalue weighted by Crippen LogP contribution is -2.22. The Labute approximate surface area is 212 Å². The molecule has 1 aliphatic carbocycles. The van der Waals surface area contributed by atoms with E-state index in [0.29, 0.717) is 34.4 Å². The molecule has 9 heteroatoms. The van der Waals surface area contributed by atoms with Crippen LogP contribution >= 0.6 is 0 Å². The number of carbonyl (C=O) groups excluding carboxylic acids is 2. The van der Waals surface area contributed by atoms with Gasteiger partial charge in [0.15, 0.2) is 23.9 Å². The number of fused-ring (bicyclic) bond motifs is 3. The second-order valence-corrected chi connectivity index (χ2v) is 8.91. The molecule has 0 atom stereocenters. The zero-order chi connectivity index (χ0) is 25.4. The number of hydrogen-bond acceptors (Lipinski definition) is 8. The maximum absolute atomic E-state index is 13.4. The van der Waals surface area contributed by atoms with Crippen LogP contribution in [0.25, 0.3) is 22.6 Å². The van der Waals surface area contributed by atoms with E-state index >= 15 is 0 Å². The number of benzene rings is 2. The summed E-state index contributed by atoms with van der Waals surface area (Å²) in [5.74, 6) is 1.20. The average Bonchev–Trinajstić information content (AvgIpc) is 3.54. The summed E-state index contributed by atoms with van der Waals surface area (Å²) in [4.78, 5) is 30.6. The molecule has 3 heterocycles. The van der Waals surface area contributed by atoms with Crippen LogP contribution in [0.2, 0.25) is 0 Å². The summed E-state index contributed by atoms with van der Waals surface area (Å²) < 4.78 is 21.3. The van der Waals surface area contributed by atoms with E-state index in [4.69, 9.17) is 23.7 Å². The molecule has 0 radical (unpaired) electrons. The molecule has 2 aliphatic rings. The van der Waals surface area contributed by atoms with Crippen molar-refractivity contribution in [3.8, 4) is 11.5 Å². The van der Waals surface area contributed by atoms with Crippen molar-refractivity contribution >= 4 is 40.2 Å². The summed E-state index contributed by atoms with van der Waals surface area (Å²) in [5.41, 5.74) is 4.73. The minimum Gasteiger partial charge on any atom is -0.454 e. The van der Waals surface area contributed by atoms with E-state index in [2.05, 4.69) is 16.5 Å². The van der Waals surface area contributed by atoms with E-state index < -0.39 is 18.5 Å². The van der Waals surface area contributed by atoms with Crippen LogP contribution in [0.5, 0.6) is 11.5 Å². The van der Waals surface area contributed by atoms with Gasteiger partial charge in [-0.05, 0) is 67.2 Å². The highest BCUT2D eigenvalue weighted by Crippen LogP contribution is 2.38. The van der Waals surface area contributed by atoms with Crippen LogP contribution in [-0.2, 0) is 16.0 Å². The number of esters is 1. The normalized spacial score (nSPS) is 15.0. The molecule has 1 aliphatic heterocycles. The minimum absolute atomic E-state index is 0.216. The van der Waals surface area contributed by atoms with Crippen LogP contribution < -0.4 is 14.8 Å². The maximum atomic E-state index is 13.4. The van der Waals surface area contributed by atoms with Crippen molar-refractivity contribution in [1.29, 1.82) is 0 Å². The van der Waals surface area contributed by atoms with Gasteiger partial charge in [-0.25, -0.2) is 9.78 Å². The third-order valence-electron chi connectivity index (χ3n) is 6.34. The Morgan fingerprint density at radius 3 is 2.81 bits per heavy atom. The number of rotatable bonds is 5. The molecule has 2 aromatic heterocycles. The van der Waals surface area contributed by atoms with Crippen molar-refractivity contribution in [2.75, 3.05) is 18.7 Å². The summed E-state index contributed by atoms with van der Waals surface area (Å²) >= 11 is 0. The van der Waals surface area contributed by atoms with E-state index in [1.807, 2.05) is 42.5 Å². The molecule has 0 fully saturated rings. The number of carbonyl (C=O) groups is 2. The molecular weight excluding hydrogens is 474 g/mol. The average molecular weight is 498 g/mol. The predicted octanol–water partition coefficient (Wildman–Crippen LogP) is 4.93. The van der Waals surface area contributed by atoms with Gasteiger partial charge in [0.25, 0.3) is 5.91 Å². The highest BCUT2D eigenvalue weighted by atomic mass is 16.7. The van der Waals surface area contributed by atoms with Crippen LogP contribution in [0.15, 0.2) is 53.1 Å². The highest BCUT2D eigenvalue weighted by Gasteiger charge is 2.26. The Balaban J connectivity index is 1.33. The Kier molecular flexibility index (Phi) is 5.80. The zero-order valence-corrected chi connectivity index (χ0v) is 20.1. The Morgan fingerprint density at radius 2 is 1.95 bits per heavy atom. The molecule has 186 valence electrons. The number of aromatic nitrogens is 2. The van der Waals surface area contributed by atoms with E-state index in [-0.39, 0.29) is 12.6 Å². The fourth-order valence-corrected chi connectivity index (χ4v) is 4.72. The molecule has 0 bridgehead atoms. The fourth-order valence-electron chi connectivity index (χ4n) is 4.72. The summed E-state index contributed by atoms with van der Waals surface area (Å²) in [6.45, 7) is 1.49. The van der Waals surface area contributed by atoms with Gasteiger partial charge in [-0.15, -0.1) is 0 Å². The van der Waals surface area contributed by atoms with Crippen LogP contribution in [0.4, 0.5) is 5.82 Å². The summed E-state index contributed by atoms with van der Waals surface area (Å²) in [5, 5.41) is 6.98. The van der Waals surface area contributed by atoms with Crippen LogP contribution in [0.3, 0.4) is 0 Å².